The molecule has 1 aromatic heterocycles. The summed E-state index contributed by atoms with van der Waals surface area (Å²) in [6, 6.07) is 11.1. The number of hydrogen-bond acceptors (Lipinski definition) is 3. The van der Waals surface area contributed by atoms with Crippen LogP contribution in [-0.4, -0.2) is 4.98 Å². The Morgan fingerprint density at radius 3 is 2.39 bits per heavy atom. The fraction of sp³-hybridized carbons (Fsp3) is 0.154. The third-order valence-electron chi connectivity index (χ3n) is 2.45. The molecule has 1 heterocycles. The minimum Gasteiger partial charge on any atom is -0.489 e. The predicted molar refractivity (Wildman–Crippen MR) is 72.9 cm³/mol. The van der Waals surface area contributed by atoms with Crippen LogP contribution in [0.5, 0.6) is 5.75 Å². The molecule has 0 atom stereocenters. The molecule has 1 aromatic carbocycles. The van der Waals surface area contributed by atoms with Crippen LogP contribution in [0.25, 0.3) is 0 Å². The van der Waals surface area contributed by atoms with Crippen molar-refractivity contribution in [2.45, 2.75) is 13.2 Å². The zero-order chi connectivity index (χ0) is 13.0. The normalized spacial score (nSPS) is 10.4. The van der Waals surface area contributed by atoms with Crippen LogP contribution in [-0.2, 0) is 13.2 Å². The van der Waals surface area contributed by atoms with Crippen LogP contribution in [0.1, 0.15) is 11.1 Å². The van der Waals surface area contributed by atoms with E-state index in [9.17, 15) is 0 Å². The fourth-order valence-electron chi connectivity index (χ4n) is 1.43. The van der Waals surface area contributed by atoms with E-state index in [1.165, 1.54) is 0 Å². The third kappa shape index (κ3) is 3.35. The van der Waals surface area contributed by atoms with E-state index in [-0.39, 0.29) is 0 Å². The van der Waals surface area contributed by atoms with Crippen molar-refractivity contribution in [3.05, 3.63) is 57.8 Å². The molecule has 94 valence electrons. The van der Waals surface area contributed by atoms with Gasteiger partial charge in [-0.3, -0.25) is 0 Å². The molecular formula is C13H12Cl2N2O. The van der Waals surface area contributed by atoms with Gasteiger partial charge in [0, 0.05) is 12.1 Å². The summed E-state index contributed by atoms with van der Waals surface area (Å²) in [6.07, 6.45) is 0. The molecule has 3 nitrogen and oxygen atoms in total. The first-order chi connectivity index (χ1) is 8.69. The number of aromatic nitrogens is 1. The molecule has 0 saturated heterocycles. The zero-order valence-corrected chi connectivity index (χ0v) is 11.1. The van der Waals surface area contributed by atoms with Crippen LogP contribution >= 0.6 is 23.2 Å². The second kappa shape index (κ2) is 6.05. The van der Waals surface area contributed by atoms with Gasteiger partial charge in [-0.25, -0.2) is 4.98 Å². The van der Waals surface area contributed by atoms with Crippen LogP contribution in [0.2, 0.25) is 10.3 Å². The van der Waals surface area contributed by atoms with Gasteiger partial charge in [0.05, 0.1) is 0 Å². The second-order valence-electron chi connectivity index (χ2n) is 3.72. The number of rotatable bonds is 4. The molecule has 0 aliphatic heterocycles. The molecule has 0 radical (unpaired) electrons. The Labute approximate surface area is 115 Å². The van der Waals surface area contributed by atoms with Crippen molar-refractivity contribution in [3.63, 3.8) is 0 Å². The van der Waals surface area contributed by atoms with Crippen LogP contribution in [0, 0.1) is 0 Å². The first kappa shape index (κ1) is 13.1. The van der Waals surface area contributed by atoms with Gasteiger partial charge in [-0.05, 0) is 29.8 Å². The molecule has 0 aliphatic carbocycles. The summed E-state index contributed by atoms with van der Waals surface area (Å²) in [6.45, 7) is 0.873. The lowest BCUT2D eigenvalue weighted by molar-refractivity contribution is 0.306. The van der Waals surface area contributed by atoms with E-state index >= 15 is 0 Å². The summed E-state index contributed by atoms with van der Waals surface area (Å²) in [5.74, 6) is 0.762. The van der Waals surface area contributed by atoms with Gasteiger partial charge in [0.15, 0.2) is 0 Å². The van der Waals surface area contributed by atoms with E-state index in [1.54, 1.807) is 12.1 Å². The molecule has 18 heavy (non-hydrogen) atoms. The molecule has 2 aromatic rings. The SMILES string of the molecule is NCc1ccc(OCc2ccc(Cl)nc2Cl)cc1. The Bertz CT molecular complexity index is 529. The van der Waals surface area contributed by atoms with Crippen molar-refractivity contribution in [2.75, 3.05) is 0 Å². The minimum absolute atomic E-state index is 0.352. The van der Waals surface area contributed by atoms with E-state index < -0.39 is 0 Å². The lowest BCUT2D eigenvalue weighted by atomic mass is 10.2. The Kier molecular flexibility index (Phi) is 4.42. The Hall–Kier alpha value is -1.29. The summed E-state index contributed by atoms with van der Waals surface area (Å²) in [7, 11) is 0. The molecule has 2 rings (SSSR count). The predicted octanol–water partition coefficient (Wildman–Crippen LogP) is 3.43. The molecular weight excluding hydrogens is 271 g/mol. The van der Waals surface area contributed by atoms with Gasteiger partial charge in [-0.15, -0.1) is 0 Å². The van der Waals surface area contributed by atoms with Crippen molar-refractivity contribution >= 4 is 23.2 Å². The van der Waals surface area contributed by atoms with Crippen LogP contribution in [0.4, 0.5) is 0 Å². The highest BCUT2D eigenvalue weighted by Crippen LogP contribution is 2.19. The second-order valence-corrected chi connectivity index (χ2v) is 4.47. The molecule has 0 spiro atoms. The summed E-state index contributed by atoms with van der Waals surface area (Å²) >= 11 is 11.7. The Morgan fingerprint density at radius 2 is 1.78 bits per heavy atom. The average molecular weight is 283 g/mol. The van der Waals surface area contributed by atoms with Crippen LogP contribution < -0.4 is 10.5 Å². The highest BCUT2D eigenvalue weighted by molar-refractivity contribution is 6.32. The van der Waals surface area contributed by atoms with Crippen molar-refractivity contribution in [1.82, 2.24) is 4.98 Å². The molecule has 0 saturated carbocycles. The van der Waals surface area contributed by atoms with E-state index in [4.69, 9.17) is 33.7 Å². The summed E-state index contributed by atoms with van der Waals surface area (Å²) < 4.78 is 5.60. The average Bonchev–Trinajstić information content (AvgIpc) is 2.38. The number of nitrogens with two attached hydrogens (primary N) is 1. The summed E-state index contributed by atoms with van der Waals surface area (Å²) in [5.41, 5.74) is 7.38. The number of nitrogens with zero attached hydrogens (tertiary/aromatic N) is 1. The van der Waals surface area contributed by atoms with E-state index in [2.05, 4.69) is 4.98 Å². The summed E-state index contributed by atoms with van der Waals surface area (Å²) in [4.78, 5) is 3.95. The maximum atomic E-state index is 5.95. The smallest absolute Gasteiger partial charge is 0.137 e. The van der Waals surface area contributed by atoms with Gasteiger partial charge in [0.25, 0.3) is 0 Å². The third-order valence-corrected chi connectivity index (χ3v) is 2.98. The van der Waals surface area contributed by atoms with Gasteiger partial charge in [0.2, 0.25) is 0 Å². The minimum atomic E-state index is 0.352. The lowest BCUT2D eigenvalue weighted by Gasteiger charge is -2.08. The number of ether oxygens (including phenoxy) is 1. The van der Waals surface area contributed by atoms with E-state index in [0.717, 1.165) is 16.9 Å². The molecule has 0 aliphatic rings. The Morgan fingerprint density at radius 1 is 1.06 bits per heavy atom. The molecule has 0 amide bonds. The molecule has 5 heteroatoms. The van der Waals surface area contributed by atoms with Crippen molar-refractivity contribution < 1.29 is 4.74 Å². The van der Waals surface area contributed by atoms with Gasteiger partial charge in [-0.1, -0.05) is 35.3 Å². The van der Waals surface area contributed by atoms with Gasteiger partial charge in [0.1, 0.15) is 22.7 Å². The van der Waals surface area contributed by atoms with Crippen LogP contribution in [0.15, 0.2) is 36.4 Å². The van der Waals surface area contributed by atoms with Gasteiger partial charge in [-0.2, -0.15) is 0 Å². The first-order valence-corrected chi connectivity index (χ1v) is 6.17. The van der Waals surface area contributed by atoms with Gasteiger partial charge < -0.3 is 10.5 Å². The lowest BCUT2D eigenvalue weighted by Crippen LogP contribution is -1.99. The highest BCUT2D eigenvalue weighted by Gasteiger charge is 2.03. The van der Waals surface area contributed by atoms with Crippen molar-refractivity contribution in [2.24, 2.45) is 5.73 Å². The summed E-state index contributed by atoms with van der Waals surface area (Å²) in [5, 5.41) is 0.733. The maximum Gasteiger partial charge on any atom is 0.137 e. The standard InChI is InChI=1S/C13H12Cl2N2O/c14-12-6-3-10(13(15)17-12)8-18-11-4-1-9(7-16)2-5-11/h1-6H,7-8,16H2. The number of pyridine rings is 1. The van der Waals surface area contributed by atoms with Crippen LogP contribution in [0.3, 0.4) is 0 Å². The molecule has 2 N–H and O–H groups in total. The van der Waals surface area contributed by atoms with E-state index in [0.29, 0.717) is 23.5 Å². The quantitative estimate of drug-likeness (QED) is 0.874. The maximum absolute atomic E-state index is 5.95. The fourth-order valence-corrected chi connectivity index (χ4v) is 1.83. The Balaban J connectivity index is 2.02. The van der Waals surface area contributed by atoms with Gasteiger partial charge >= 0.3 is 0 Å². The number of benzene rings is 1. The molecule has 0 bridgehead atoms. The molecule has 0 unspecified atom stereocenters. The topological polar surface area (TPSA) is 48.1 Å². The monoisotopic (exact) mass is 282 g/mol. The zero-order valence-electron chi connectivity index (χ0n) is 9.57. The van der Waals surface area contributed by atoms with Crippen molar-refractivity contribution in [3.8, 4) is 5.75 Å². The largest absolute Gasteiger partial charge is 0.489 e. The van der Waals surface area contributed by atoms with Crippen molar-refractivity contribution in [1.29, 1.82) is 0 Å². The molecule has 0 fully saturated rings. The number of hydrogen-bond donors (Lipinski definition) is 1. The van der Waals surface area contributed by atoms with E-state index in [1.807, 2.05) is 24.3 Å². The first-order valence-electron chi connectivity index (χ1n) is 5.42. The number of halogens is 2. The highest BCUT2D eigenvalue weighted by atomic mass is 35.5.